The highest BCUT2D eigenvalue weighted by atomic mass is 32.1. The molecule has 1 saturated heterocycles. The number of rotatable bonds is 3. The Kier molecular flexibility index (Phi) is 4.58. The molecule has 2 atom stereocenters. The number of likely N-dealkylation sites (tertiary alicyclic amines) is 1. The molecule has 0 bridgehead atoms. The molecule has 0 radical (unpaired) electrons. The number of aliphatic hydroxyl groups excluding tert-OH is 1. The summed E-state index contributed by atoms with van der Waals surface area (Å²) in [6.45, 7) is 5.28. The number of fused-ring (bicyclic) bond motifs is 1. The molecular formula is C19H22N2O4S. The molecule has 138 valence electrons. The Balaban J connectivity index is 1.45. The SMILES string of the molecule is CC(C)c1nc(C(=O)N2CC[C@@H](c3ccc4c(c3)OCO4)[C@H](O)C2)cs1. The molecule has 1 N–H and O–H groups in total. The van der Waals surface area contributed by atoms with E-state index in [1.54, 1.807) is 4.90 Å². The zero-order valence-electron chi connectivity index (χ0n) is 14.8. The van der Waals surface area contributed by atoms with Gasteiger partial charge in [0.1, 0.15) is 5.69 Å². The zero-order valence-corrected chi connectivity index (χ0v) is 15.7. The number of thiazole rings is 1. The Morgan fingerprint density at radius 2 is 2.15 bits per heavy atom. The highest BCUT2D eigenvalue weighted by molar-refractivity contribution is 7.09. The monoisotopic (exact) mass is 374 g/mol. The minimum Gasteiger partial charge on any atom is -0.454 e. The maximum Gasteiger partial charge on any atom is 0.273 e. The molecule has 26 heavy (non-hydrogen) atoms. The average molecular weight is 374 g/mol. The molecule has 1 aromatic carbocycles. The number of carbonyl (C=O) groups excluding carboxylic acids is 1. The highest BCUT2D eigenvalue weighted by Gasteiger charge is 2.33. The van der Waals surface area contributed by atoms with Gasteiger partial charge in [0.05, 0.1) is 11.1 Å². The first kappa shape index (κ1) is 17.3. The molecule has 7 heteroatoms. The number of aliphatic hydroxyl groups is 1. The molecule has 1 aromatic heterocycles. The van der Waals surface area contributed by atoms with E-state index in [2.05, 4.69) is 18.8 Å². The van der Waals surface area contributed by atoms with E-state index in [1.165, 1.54) is 11.3 Å². The Morgan fingerprint density at radius 3 is 2.88 bits per heavy atom. The van der Waals surface area contributed by atoms with Gasteiger partial charge >= 0.3 is 0 Å². The van der Waals surface area contributed by atoms with Gasteiger partial charge in [-0.05, 0) is 24.1 Å². The Bertz CT molecular complexity index is 820. The molecule has 2 aromatic rings. The Morgan fingerprint density at radius 1 is 1.35 bits per heavy atom. The van der Waals surface area contributed by atoms with E-state index >= 15 is 0 Å². The van der Waals surface area contributed by atoms with Crippen molar-refractivity contribution in [2.75, 3.05) is 19.9 Å². The fourth-order valence-corrected chi connectivity index (χ4v) is 4.27. The van der Waals surface area contributed by atoms with Crippen LogP contribution >= 0.6 is 11.3 Å². The first-order chi connectivity index (χ1) is 12.5. The van der Waals surface area contributed by atoms with Gasteiger partial charge in [-0.25, -0.2) is 4.98 Å². The number of piperidine rings is 1. The third-order valence-corrected chi connectivity index (χ3v) is 6.07. The van der Waals surface area contributed by atoms with Crippen molar-refractivity contribution in [3.05, 3.63) is 39.8 Å². The van der Waals surface area contributed by atoms with Crippen LogP contribution in [0.25, 0.3) is 0 Å². The van der Waals surface area contributed by atoms with Gasteiger partial charge in [-0.1, -0.05) is 19.9 Å². The number of ether oxygens (including phenoxy) is 2. The van der Waals surface area contributed by atoms with Crippen molar-refractivity contribution in [1.29, 1.82) is 0 Å². The van der Waals surface area contributed by atoms with Crippen LogP contribution in [-0.2, 0) is 0 Å². The van der Waals surface area contributed by atoms with Gasteiger partial charge in [-0.15, -0.1) is 11.3 Å². The number of β-amino-alcohol motifs (C(OH)–C–C–N with tert-alkyl or cyclic N) is 1. The molecule has 0 aliphatic carbocycles. The van der Waals surface area contributed by atoms with Crippen LogP contribution in [0.15, 0.2) is 23.6 Å². The molecule has 2 aliphatic heterocycles. The Hall–Kier alpha value is -2.12. The molecule has 6 nitrogen and oxygen atoms in total. The summed E-state index contributed by atoms with van der Waals surface area (Å²) in [5.41, 5.74) is 1.50. The van der Waals surface area contributed by atoms with Gasteiger partial charge in [-0.2, -0.15) is 0 Å². The lowest BCUT2D eigenvalue weighted by Gasteiger charge is -2.36. The number of carbonyl (C=O) groups is 1. The van der Waals surface area contributed by atoms with E-state index in [1.807, 2.05) is 23.6 Å². The summed E-state index contributed by atoms with van der Waals surface area (Å²) in [6, 6.07) is 5.78. The van der Waals surface area contributed by atoms with Gasteiger partial charge in [0.2, 0.25) is 6.79 Å². The van der Waals surface area contributed by atoms with E-state index in [-0.39, 0.29) is 18.6 Å². The van der Waals surface area contributed by atoms with Crippen LogP contribution in [0.1, 0.15) is 53.2 Å². The lowest BCUT2D eigenvalue weighted by atomic mass is 9.87. The molecule has 1 fully saturated rings. The number of amides is 1. The second-order valence-electron chi connectivity index (χ2n) is 7.05. The number of hydrogen-bond acceptors (Lipinski definition) is 6. The highest BCUT2D eigenvalue weighted by Crippen LogP contribution is 2.37. The maximum atomic E-state index is 12.7. The summed E-state index contributed by atoms with van der Waals surface area (Å²) < 4.78 is 10.8. The number of aromatic nitrogens is 1. The smallest absolute Gasteiger partial charge is 0.273 e. The number of hydrogen-bond donors (Lipinski definition) is 1. The predicted molar refractivity (Wildman–Crippen MR) is 98.0 cm³/mol. The van der Waals surface area contributed by atoms with E-state index in [9.17, 15) is 9.90 Å². The van der Waals surface area contributed by atoms with Crippen molar-refractivity contribution in [3.8, 4) is 11.5 Å². The molecule has 4 rings (SSSR count). The largest absolute Gasteiger partial charge is 0.454 e. The van der Waals surface area contributed by atoms with Crippen LogP contribution in [0.2, 0.25) is 0 Å². The van der Waals surface area contributed by atoms with Crippen molar-refractivity contribution in [2.24, 2.45) is 0 Å². The number of benzene rings is 1. The average Bonchev–Trinajstić information content (AvgIpc) is 3.29. The quantitative estimate of drug-likeness (QED) is 0.894. The van der Waals surface area contributed by atoms with E-state index < -0.39 is 6.10 Å². The summed E-state index contributed by atoms with van der Waals surface area (Å²) in [7, 11) is 0. The van der Waals surface area contributed by atoms with Gasteiger partial charge < -0.3 is 19.5 Å². The topological polar surface area (TPSA) is 71.9 Å². The minimum absolute atomic E-state index is 0.0183. The minimum atomic E-state index is -0.615. The summed E-state index contributed by atoms with van der Waals surface area (Å²) in [4.78, 5) is 18.8. The maximum absolute atomic E-state index is 12.7. The van der Waals surface area contributed by atoms with Crippen LogP contribution in [0, 0.1) is 0 Å². The van der Waals surface area contributed by atoms with Crippen LogP contribution < -0.4 is 9.47 Å². The fraction of sp³-hybridized carbons (Fsp3) is 0.474. The normalized spacial score (nSPS) is 22.1. The van der Waals surface area contributed by atoms with E-state index in [4.69, 9.17) is 9.47 Å². The number of nitrogens with zero attached hydrogens (tertiary/aromatic N) is 2. The Labute approximate surface area is 156 Å². The van der Waals surface area contributed by atoms with E-state index in [0.717, 1.165) is 22.1 Å². The summed E-state index contributed by atoms with van der Waals surface area (Å²) in [6.07, 6.45) is 0.0875. The van der Waals surface area contributed by atoms with Gasteiger partial charge in [0.25, 0.3) is 5.91 Å². The first-order valence-corrected chi connectivity index (χ1v) is 9.73. The van der Waals surface area contributed by atoms with Crippen molar-refractivity contribution >= 4 is 17.2 Å². The predicted octanol–water partition coefficient (Wildman–Crippen LogP) is 2.99. The van der Waals surface area contributed by atoms with Gasteiger partial charge in [-0.3, -0.25) is 4.79 Å². The molecule has 0 unspecified atom stereocenters. The second-order valence-corrected chi connectivity index (χ2v) is 7.94. The van der Waals surface area contributed by atoms with Gasteiger partial charge in [0, 0.05) is 30.3 Å². The molecular weight excluding hydrogens is 352 g/mol. The van der Waals surface area contributed by atoms with Crippen molar-refractivity contribution < 1.29 is 19.4 Å². The van der Waals surface area contributed by atoms with Crippen LogP contribution in [0.4, 0.5) is 0 Å². The third-order valence-electron chi connectivity index (χ3n) is 4.93. The molecule has 0 spiro atoms. The lowest BCUT2D eigenvalue weighted by Crippen LogP contribution is -2.45. The van der Waals surface area contributed by atoms with Crippen molar-refractivity contribution in [1.82, 2.24) is 9.88 Å². The summed E-state index contributed by atoms with van der Waals surface area (Å²) in [5.74, 6) is 1.65. The standard InChI is InChI=1S/C19H22N2O4S/c1-11(2)18-20-14(9-26-18)19(23)21-6-5-13(15(22)8-21)12-3-4-16-17(7-12)25-10-24-16/h3-4,7,9,11,13,15,22H,5-6,8,10H2,1-2H3/t13-,15+/m0/s1. The van der Waals surface area contributed by atoms with Crippen LogP contribution in [0.3, 0.4) is 0 Å². The fourth-order valence-electron chi connectivity index (χ4n) is 3.46. The van der Waals surface area contributed by atoms with Crippen LogP contribution in [0.5, 0.6) is 11.5 Å². The molecule has 0 saturated carbocycles. The zero-order chi connectivity index (χ0) is 18.3. The third kappa shape index (κ3) is 3.17. The molecule has 2 aliphatic rings. The lowest BCUT2D eigenvalue weighted by molar-refractivity contribution is 0.0378. The first-order valence-electron chi connectivity index (χ1n) is 8.85. The summed E-state index contributed by atoms with van der Waals surface area (Å²) in [5, 5.41) is 13.4. The van der Waals surface area contributed by atoms with E-state index in [0.29, 0.717) is 31.1 Å². The summed E-state index contributed by atoms with van der Waals surface area (Å²) >= 11 is 1.51. The van der Waals surface area contributed by atoms with Gasteiger partial charge in [0.15, 0.2) is 11.5 Å². The van der Waals surface area contributed by atoms with Crippen molar-refractivity contribution in [2.45, 2.75) is 38.2 Å². The van der Waals surface area contributed by atoms with Crippen LogP contribution in [-0.4, -0.2) is 46.9 Å². The second kappa shape index (κ2) is 6.89. The molecule has 1 amide bonds. The van der Waals surface area contributed by atoms with Crippen molar-refractivity contribution in [3.63, 3.8) is 0 Å². The molecule has 3 heterocycles.